The third-order valence-electron chi connectivity index (χ3n) is 4.84. The number of amides is 1. The molecule has 2 aromatic rings. The molecule has 3 rings (SSSR count). The van der Waals surface area contributed by atoms with E-state index >= 15 is 0 Å². The molecule has 0 spiro atoms. The zero-order valence-corrected chi connectivity index (χ0v) is 17.1. The summed E-state index contributed by atoms with van der Waals surface area (Å²) in [6.07, 6.45) is 0. The van der Waals surface area contributed by atoms with Gasteiger partial charge < -0.3 is 20.7 Å². The van der Waals surface area contributed by atoms with E-state index in [9.17, 15) is 4.79 Å². The van der Waals surface area contributed by atoms with Crippen molar-refractivity contribution in [1.82, 2.24) is 9.80 Å². The highest BCUT2D eigenvalue weighted by atomic mass is 35.5. The molecule has 3 N–H and O–H groups in total. The van der Waals surface area contributed by atoms with Crippen LogP contribution >= 0.6 is 12.4 Å². The molecule has 1 heterocycles. The second-order valence-electron chi connectivity index (χ2n) is 6.87. The van der Waals surface area contributed by atoms with Crippen LogP contribution in [0.15, 0.2) is 48.5 Å². The summed E-state index contributed by atoms with van der Waals surface area (Å²) < 4.78 is 5.83. The van der Waals surface area contributed by atoms with Gasteiger partial charge in [-0.25, -0.2) is 0 Å². The summed E-state index contributed by atoms with van der Waals surface area (Å²) in [5.74, 6) is 0.678. The number of hydrogen-bond donors (Lipinski definition) is 2. The zero-order chi connectivity index (χ0) is 19.1. The number of piperazine rings is 1. The van der Waals surface area contributed by atoms with Crippen LogP contribution in [0.4, 0.5) is 5.69 Å². The Kier molecular flexibility index (Phi) is 8.73. The van der Waals surface area contributed by atoms with Crippen molar-refractivity contribution in [3.8, 4) is 5.75 Å². The Balaban J connectivity index is 0.00000280. The lowest BCUT2D eigenvalue weighted by Crippen LogP contribution is -2.45. The summed E-state index contributed by atoms with van der Waals surface area (Å²) in [5.41, 5.74) is 7.94. The number of nitrogens with zero attached hydrogens (tertiary/aromatic N) is 2. The molecule has 6 nitrogen and oxygen atoms in total. The Morgan fingerprint density at radius 1 is 1.04 bits per heavy atom. The quantitative estimate of drug-likeness (QED) is 0.741. The van der Waals surface area contributed by atoms with Crippen LogP contribution in [0.25, 0.3) is 0 Å². The number of carbonyl (C=O) groups excluding carboxylic acids is 1. The lowest BCUT2D eigenvalue weighted by Gasteiger charge is -2.32. The van der Waals surface area contributed by atoms with E-state index in [-0.39, 0.29) is 18.3 Å². The number of ether oxygens (including phenoxy) is 1. The first-order chi connectivity index (χ1) is 13.1. The molecule has 0 radical (unpaired) electrons. The number of rotatable bonds is 7. The lowest BCUT2D eigenvalue weighted by molar-refractivity contribution is 0.102. The van der Waals surface area contributed by atoms with Crippen LogP contribution in [0.1, 0.15) is 15.9 Å². The number of hydrogen-bond acceptors (Lipinski definition) is 5. The topological polar surface area (TPSA) is 70.8 Å². The normalized spacial score (nSPS) is 14.9. The summed E-state index contributed by atoms with van der Waals surface area (Å²) in [4.78, 5) is 17.1. The molecular weight excluding hydrogens is 376 g/mol. The third-order valence-corrected chi connectivity index (χ3v) is 4.84. The molecule has 1 aliphatic heterocycles. The van der Waals surface area contributed by atoms with Gasteiger partial charge in [0, 0.05) is 50.5 Å². The van der Waals surface area contributed by atoms with Crippen LogP contribution in [0.3, 0.4) is 0 Å². The zero-order valence-electron chi connectivity index (χ0n) is 16.3. The number of anilines is 1. The fourth-order valence-electron chi connectivity index (χ4n) is 2.99. The predicted molar refractivity (Wildman–Crippen MR) is 115 cm³/mol. The molecule has 0 bridgehead atoms. The highest BCUT2D eigenvalue weighted by Crippen LogP contribution is 2.17. The molecule has 7 heteroatoms. The number of halogens is 1. The van der Waals surface area contributed by atoms with E-state index in [1.165, 1.54) is 0 Å². The van der Waals surface area contributed by atoms with Gasteiger partial charge in [-0.1, -0.05) is 12.1 Å². The van der Waals surface area contributed by atoms with Crippen LogP contribution in [0.2, 0.25) is 0 Å². The fraction of sp³-hybridized carbons (Fsp3) is 0.381. The first-order valence-electron chi connectivity index (χ1n) is 9.38. The van der Waals surface area contributed by atoms with E-state index in [0.717, 1.165) is 49.7 Å². The number of benzene rings is 2. The van der Waals surface area contributed by atoms with Crippen molar-refractivity contribution in [1.29, 1.82) is 0 Å². The molecule has 0 unspecified atom stereocenters. The van der Waals surface area contributed by atoms with Gasteiger partial charge in [-0.3, -0.25) is 9.69 Å². The first-order valence-corrected chi connectivity index (χ1v) is 9.38. The molecule has 1 aliphatic rings. The maximum absolute atomic E-state index is 12.3. The monoisotopic (exact) mass is 404 g/mol. The minimum Gasteiger partial charge on any atom is -0.492 e. The summed E-state index contributed by atoms with van der Waals surface area (Å²) >= 11 is 0. The van der Waals surface area contributed by atoms with Crippen LogP contribution in [-0.4, -0.2) is 62.1 Å². The van der Waals surface area contributed by atoms with Crippen LogP contribution in [0, 0.1) is 0 Å². The molecule has 0 aliphatic carbocycles. The minimum absolute atomic E-state index is 0. The highest BCUT2D eigenvalue weighted by Gasteiger charge is 2.13. The van der Waals surface area contributed by atoms with Gasteiger partial charge in [0.05, 0.1) is 0 Å². The van der Waals surface area contributed by atoms with Gasteiger partial charge in [0.15, 0.2) is 0 Å². The maximum atomic E-state index is 12.3. The highest BCUT2D eigenvalue weighted by molar-refractivity contribution is 6.04. The van der Waals surface area contributed by atoms with Crippen molar-refractivity contribution >= 4 is 24.0 Å². The number of carbonyl (C=O) groups is 1. The lowest BCUT2D eigenvalue weighted by atomic mass is 10.1. The van der Waals surface area contributed by atoms with Crippen molar-refractivity contribution < 1.29 is 9.53 Å². The fourth-order valence-corrected chi connectivity index (χ4v) is 2.99. The van der Waals surface area contributed by atoms with Crippen molar-refractivity contribution in [2.45, 2.75) is 6.54 Å². The average molecular weight is 405 g/mol. The number of likely N-dealkylation sites (N-methyl/N-ethyl adjacent to an activating group) is 1. The van der Waals surface area contributed by atoms with E-state index in [4.69, 9.17) is 10.5 Å². The molecular formula is C21H29ClN4O2. The van der Waals surface area contributed by atoms with Gasteiger partial charge in [0.25, 0.3) is 5.91 Å². The Hall–Kier alpha value is -2.12. The molecule has 0 atom stereocenters. The Morgan fingerprint density at radius 3 is 2.29 bits per heavy atom. The van der Waals surface area contributed by atoms with Crippen molar-refractivity contribution in [2.75, 3.05) is 51.7 Å². The van der Waals surface area contributed by atoms with Gasteiger partial charge in [0.2, 0.25) is 0 Å². The largest absolute Gasteiger partial charge is 0.492 e. The summed E-state index contributed by atoms with van der Waals surface area (Å²) in [6.45, 7) is 6.49. The third kappa shape index (κ3) is 6.49. The summed E-state index contributed by atoms with van der Waals surface area (Å²) in [7, 11) is 2.16. The molecule has 2 aromatic carbocycles. The molecule has 1 fully saturated rings. The van der Waals surface area contributed by atoms with E-state index in [0.29, 0.717) is 18.7 Å². The van der Waals surface area contributed by atoms with E-state index in [1.807, 2.05) is 36.4 Å². The van der Waals surface area contributed by atoms with Gasteiger partial charge in [-0.15, -0.1) is 12.4 Å². The Bertz CT molecular complexity index is 729. The van der Waals surface area contributed by atoms with Gasteiger partial charge in [0.1, 0.15) is 12.4 Å². The average Bonchev–Trinajstić information content (AvgIpc) is 2.71. The smallest absolute Gasteiger partial charge is 0.255 e. The number of nitrogens with one attached hydrogen (secondary N) is 1. The van der Waals surface area contributed by atoms with Crippen LogP contribution in [-0.2, 0) is 6.54 Å². The van der Waals surface area contributed by atoms with Crippen molar-refractivity contribution in [3.63, 3.8) is 0 Å². The molecule has 152 valence electrons. The Labute approximate surface area is 173 Å². The van der Waals surface area contributed by atoms with E-state index in [1.54, 1.807) is 12.1 Å². The van der Waals surface area contributed by atoms with Crippen LogP contribution in [0.5, 0.6) is 5.75 Å². The van der Waals surface area contributed by atoms with Crippen LogP contribution < -0.4 is 15.8 Å². The first kappa shape index (κ1) is 22.2. The summed E-state index contributed by atoms with van der Waals surface area (Å²) in [5, 5.41) is 2.90. The van der Waals surface area contributed by atoms with E-state index < -0.39 is 0 Å². The van der Waals surface area contributed by atoms with Crippen molar-refractivity contribution in [2.24, 2.45) is 5.73 Å². The van der Waals surface area contributed by atoms with Crippen molar-refractivity contribution in [3.05, 3.63) is 59.7 Å². The molecule has 0 aromatic heterocycles. The van der Waals surface area contributed by atoms with Gasteiger partial charge >= 0.3 is 0 Å². The summed E-state index contributed by atoms with van der Waals surface area (Å²) in [6, 6.07) is 14.8. The van der Waals surface area contributed by atoms with Gasteiger partial charge in [-0.05, 0) is 49.0 Å². The minimum atomic E-state index is -0.137. The second kappa shape index (κ2) is 11.0. The molecule has 0 saturated carbocycles. The van der Waals surface area contributed by atoms with Gasteiger partial charge in [-0.2, -0.15) is 0 Å². The standard InChI is InChI=1S/C21H28N4O2.ClH/c1-24-10-12-25(13-11-24)14-15-27-20-8-6-19(7-9-20)23-21(26)18-4-2-17(16-22)3-5-18;/h2-9H,10-16,22H2,1H3,(H,23,26);1H. The second-order valence-corrected chi connectivity index (χ2v) is 6.87. The maximum Gasteiger partial charge on any atom is 0.255 e. The van der Waals surface area contributed by atoms with E-state index in [2.05, 4.69) is 22.2 Å². The Morgan fingerprint density at radius 2 is 1.68 bits per heavy atom. The molecule has 1 amide bonds. The molecule has 1 saturated heterocycles. The molecule has 28 heavy (non-hydrogen) atoms. The predicted octanol–water partition coefficient (Wildman–Crippen LogP) is 2.45. The SMILES string of the molecule is CN1CCN(CCOc2ccc(NC(=O)c3ccc(CN)cc3)cc2)CC1.Cl. The number of nitrogens with two attached hydrogens (primary N) is 1.